The molecule has 0 bridgehead atoms. The minimum Gasteiger partial charge on any atom is -0.493 e. The van der Waals surface area contributed by atoms with E-state index in [1.807, 2.05) is 24.1 Å². The van der Waals surface area contributed by atoms with Crippen LogP contribution in [-0.2, 0) is 4.79 Å². The van der Waals surface area contributed by atoms with E-state index in [0.29, 0.717) is 49.8 Å². The lowest BCUT2D eigenvalue weighted by atomic mass is 10.2. The maximum Gasteiger partial charge on any atom is 0.228 e. The van der Waals surface area contributed by atoms with Gasteiger partial charge in [0, 0.05) is 37.6 Å². The quantitative estimate of drug-likeness (QED) is 0.526. The van der Waals surface area contributed by atoms with Crippen LogP contribution in [0.3, 0.4) is 0 Å². The van der Waals surface area contributed by atoms with Gasteiger partial charge in [0.1, 0.15) is 12.1 Å². The predicted octanol–water partition coefficient (Wildman–Crippen LogP) is 2.61. The van der Waals surface area contributed by atoms with Gasteiger partial charge >= 0.3 is 0 Å². The van der Waals surface area contributed by atoms with Gasteiger partial charge in [0.2, 0.25) is 6.41 Å². The zero-order valence-electron chi connectivity index (χ0n) is 18.1. The number of hydrazine groups is 1. The van der Waals surface area contributed by atoms with Gasteiger partial charge in [-0.05, 0) is 37.3 Å². The standard InChI is InChI=1S/C23H24N6O3/c1-3-32-22-13-20-19(12-21(22)31-2)23(26-15-25-20)27-8-10-28(11-9-27)29(16-30)18-6-4-17(14-24)5-7-18/h4-7,12-13,15-16H,3,8-11H2,1-2H3. The molecule has 32 heavy (non-hydrogen) atoms. The lowest BCUT2D eigenvalue weighted by Crippen LogP contribution is -2.54. The fraction of sp³-hybridized carbons (Fsp3) is 0.304. The van der Waals surface area contributed by atoms with Gasteiger partial charge in [0.25, 0.3) is 0 Å². The van der Waals surface area contributed by atoms with Crippen molar-refractivity contribution in [2.45, 2.75) is 6.92 Å². The number of hydrogen-bond donors (Lipinski definition) is 0. The van der Waals surface area contributed by atoms with Crippen LogP contribution in [0.1, 0.15) is 12.5 Å². The minimum absolute atomic E-state index is 0.536. The Labute approximate surface area is 186 Å². The zero-order valence-corrected chi connectivity index (χ0v) is 18.1. The highest BCUT2D eigenvalue weighted by atomic mass is 16.5. The number of methoxy groups -OCH3 is 1. The van der Waals surface area contributed by atoms with E-state index in [-0.39, 0.29) is 0 Å². The summed E-state index contributed by atoms with van der Waals surface area (Å²) in [5.74, 6) is 2.12. The van der Waals surface area contributed by atoms with E-state index < -0.39 is 0 Å². The van der Waals surface area contributed by atoms with E-state index in [1.165, 1.54) is 0 Å². The molecule has 1 aliphatic heterocycles. The van der Waals surface area contributed by atoms with Gasteiger partial charge in [-0.15, -0.1) is 0 Å². The molecule has 0 N–H and O–H groups in total. The first kappa shape index (κ1) is 21.3. The number of rotatable bonds is 7. The smallest absolute Gasteiger partial charge is 0.228 e. The van der Waals surface area contributed by atoms with Crippen LogP contribution in [0.25, 0.3) is 10.9 Å². The van der Waals surface area contributed by atoms with Crippen molar-refractivity contribution >= 4 is 28.8 Å². The van der Waals surface area contributed by atoms with Crippen LogP contribution in [0, 0.1) is 11.3 Å². The summed E-state index contributed by atoms with van der Waals surface area (Å²) >= 11 is 0. The summed E-state index contributed by atoms with van der Waals surface area (Å²) in [5, 5.41) is 13.5. The molecule has 2 aromatic carbocycles. The maximum atomic E-state index is 11.8. The molecule has 1 aromatic heterocycles. The fourth-order valence-corrected chi connectivity index (χ4v) is 3.83. The monoisotopic (exact) mass is 432 g/mol. The largest absolute Gasteiger partial charge is 0.493 e. The summed E-state index contributed by atoms with van der Waals surface area (Å²) in [5.41, 5.74) is 2.07. The molecule has 9 heteroatoms. The molecule has 0 saturated carbocycles. The van der Waals surface area contributed by atoms with Crippen LogP contribution in [0.15, 0.2) is 42.7 Å². The molecule has 2 heterocycles. The van der Waals surface area contributed by atoms with Crippen molar-refractivity contribution in [3.05, 3.63) is 48.3 Å². The Kier molecular flexibility index (Phi) is 6.33. The zero-order chi connectivity index (χ0) is 22.5. The van der Waals surface area contributed by atoms with Gasteiger partial charge in [-0.1, -0.05) is 0 Å². The van der Waals surface area contributed by atoms with E-state index >= 15 is 0 Å². The number of nitriles is 1. The molecule has 4 rings (SSSR count). The minimum atomic E-state index is 0.536. The van der Waals surface area contributed by atoms with Crippen molar-refractivity contribution in [2.24, 2.45) is 0 Å². The lowest BCUT2D eigenvalue weighted by molar-refractivity contribution is -0.110. The number of piperazine rings is 1. The average molecular weight is 432 g/mol. The van der Waals surface area contributed by atoms with Crippen LogP contribution in [0.2, 0.25) is 0 Å². The average Bonchev–Trinajstić information content (AvgIpc) is 2.85. The molecule has 0 unspecified atom stereocenters. The summed E-state index contributed by atoms with van der Waals surface area (Å²) in [4.78, 5) is 22.9. The molecule has 0 radical (unpaired) electrons. The Morgan fingerprint density at radius 2 is 1.88 bits per heavy atom. The molecule has 0 atom stereocenters. The SMILES string of the molecule is CCOc1cc2ncnc(N3CCN(N(C=O)c4ccc(C#N)cc4)CC3)c2cc1OC. The van der Waals surface area contributed by atoms with Crippen LogP contribution in [0.4, 0.5) is 11.5 Å². The first-order valence-corrected chi connectivity index (χ1v) is 10.4. The number of amides is 1. The van der Waals surface area contributed by atoms with E-state index in [1.54, 1.807) is 42.7 Å². The topological polar surface area (TPSA) is 94.8 Å². The van der Waals surface area contributed by atoms with Crippen molar-refractivity contribution in [1.82, 2.24) is 15.0 Å². The number of aromatic nitrogens is 2. The Bertz CT molecular complexity index is 1140. The summed E-state index contributed by atoms with van der Waals surface area (Å²) < 4.78 is 11.2. The highest BCUT2D eigenvalue weighted by Crippen LogP contribution is 2.35. The molecule has 1 amide bonds. The third kappa shape index (κ3) is 4.13. The van der Waals surface area contributed by atoms with Crippen LogP contribution in [-0.4, -0.2) is 61.3 Å². The van der Waals surface area contributed by atoms with Crippen molar-refractivity contribution < 1.29 is 14.3 Å². The van der Waals surface area contributed by atoms with Crippen molar-refractivity contribution in [2.75, 3.05) is 49.8 Å². The lowest BCUT2D eigenvalue weighted by Gasteiger charge is -2.40. The number of carbonyl (C=O) groups is 1. The second-order valence-electron chi connectivity index (χ2n) is 7.20. The van der Waals surface area contributed by atoms with E-state index in [4.69, 9.17) is 14.7 Å². The summed E-state index contributed by atoms with van der Waals surface area (Å²) in [6.45, 7) is 5.10. The van der Waals surface area contributed by atoms with Gasteiger partial charge in [0.05, 0.1) is 36.6 Å². The van der Waals surface area contributed by atoms with Gasteiger partial charge < -0.3 is 14.4 Å². The van der Waals surface area contributed by atoms with Gasteiger partial charge in [-0.25, -0.2) is 20.0 Å². The molecule has 1 saturated heterocycles. The predicted molar refractivity (Wildman–Crippen MR) is 121 cm³/mol. The van der Waals surface area contributed by atoms with Gasteiger partial charge in [-0.3, -0.25) is 4.79 Å². The number of carbonyl (C=O) groups excluding carboxylic acids is 1. The molecule has 0 spiro atoms. The molecule has 0 aliphatic carbocycles. The third-order valence-electron chi connectivity index (χ3n) is 5.42. The first-order chi connectivity index (χ1) is 15.7. The number of ether oxygens (including phenoxy) is 2. The Hall–Kier alpha value is -3.90. The highest BCUT2D eigenvalue weighted by Gasteiger charge is 2.25. The Morgan fingerprint density at radius 1 is 1.12 bits per heavy atom. The molecule has 1 fully saturated rings. The fourth-order valence-electron chi connectivity index (χ4n) is 3.83. The van der Waals surface area contributed by atoms with E-state index in [2.05, 4.69) is 20.9 Å². The Morgan fingerprint density at radius 3 is 2.50 bits per heavy atom. The second-order valence-corrected chi connectivity index (χ2v) is 7.20. The maximum absolute atomic E-state index is 11.8. The summed E-state index contributed by atoms with van der Waals surface area (Å²) in [7, 11) is 1.61. The number of fused-ring (bicyclic) bond motifs is 1. The molecule has 1 aliphatic rings. The number of anilines is 2. The third-order valence-corrected chi connectivity index (χ3v) is 5.42. The second kappa shape index (κ2) is 9.49. The molecule has 9 nitrogen and oxygen atoms in total. The van der Waals surface area contributed by atoms with Crippen molar-refractivity contribution in [3.63, 3.8) is 0 Å². The molecule has 164 valence electrons. The summed E-state index contributed by atoms with van der Waals surface area (Å²) in [6.07, 6.45) is 2.36. The van der Waals surface area contributed by atoms with Crippen molar-refractivity contribution in [1.29, 1.82) is 5.26 Å². The molecular formula is C23H24N6O3. The highest BCUT2D eigenvalue weighted by molar-refractivity contribution is 5.92. The van der Waals surface area contributed by atoms with Crippen molar-refractivity contribution in [3.8, 4) is 17.6 Å². The van der Waals surface area contributed by atoms with Gasteiger partial charge in [0.15, 0.2) is 11.5 Å². The normalized spacial score (nSPS) is 14.1. The molecular weight excluding hydrogens is 408 g/mol. The number of nitrogens with zero attached hydrogens (tertiary/aromatic N) is 6. The first-order valence-electron chi connectivity index (χ1n) is 10.4. The van der Waals surface area contributed by atoms with E-state index in [9.17, 15) is 4.79 Å². The molecule has 3 aromatic rings. The van der Waals surface area contributed by atoms with Crippen LogP contribution < -0.4 is 19.4 Å². The van der Waals surface area contributed by atoms with Crippen LogP contribution in [0.5, 0.6) is 11.5 Å². The number of hydrogen-bond acceptors (Lipinski definition) is 8. The summed E-state index contributed by atoms with van der Waals surface area (Å²) in [6, 6.07) is 12.8. The number of benzene rings is 2. The van der Waals surface area contributed by atoms with Gasteiger partial charge in [-0.2, -0.15) is 5.26 Å². The van der Waals surface area contributed by atoms with E-state index in [0.717, 1.165) is 28.8 Å². The van der Waals surface area contributed by atoms with Crippen LogP contribution >= 0.6 is 0 Å². The Balaban J connectivity index is 1.54.